The third kappa shape index (κ3) is 55.5. The van der Waals surface area contributed by atoms with E-state index >= 15 is 0 Å². The average molecular weight is 1270 g/mol. The molecule has 0 spiro atoms. The van der Waals surface area contributed by atoms with Crippen molar-refractivity contribution >= 4 is 11.9 Å². The molecule has 0 saturated carbocycles. The maximum atomic E-state index is 13.0. The average Bonchev–Trinajstić information content (AvgIpc) is 0.988. The molecule has 7 atom stereocenters. The molecule has 0 aromatic rings. The van der Waals surface area contributed by atoms with Crippen LogP contribution in [0.3, 0.4) is 0 Å². The molecular formula is C79H143NO10. The van der Waals surface area contributed by atoms with E-state index in [0.29, 0.717) is 19.4 Å². The fourth-order valence-corrected chi connectivity index (χ4v) is 11.7. The Morgan fingerprint density at radius 2 is 0.756 bits per heavy atom. The number of carbonyl (C=O) groups excluding carboxylic acids is 2. The highest BCUT2D eigenvalue weighted by Crippen LogP contribution is 2.23. The normalized spacial score (nSPS) is 18.1. The van der Waals surface area contributed by atoms with E-state index in [-0.39, 0.29) is 18.5 Å². The van der Waals surface area contributed by atoms with Gasteiger partial charge in [-0.15, -0.1) is 0 Å². The second-order valence-corrected chi connectivity index (χ2v) is 26.3. The number of allylic oxidation sites excluding steroid dienone is 11. The van der Waals surface area contributed by atoms with Gasteiger partial charge in [-0.25, -0.2) is 0 Å². The van der Waals surface area contributed by atoms with Crippen LogP contribution in [-0.4, -0.2) is 100 Å². The lowest BCUT2D eigenvalue weighted by atomic mass is 9.99. The number of hydrogen-bond donors (Lipinski definition) is 6. The van der Waals surface area contributed by atoms with E-state index in [0.717, 1.165) is 70.6 Å². The molecule has 11 nitrogen and oxygen atoms in total. The van der Waals surface area contributed by atoms with E-state index in [9.17, 15) is 35.1 Å². The van der Waals surface area contributed by atoms with Gasteiger partial charge in [0, 0.05) is 12.8 Å². The second-order valence-electron chi connectivity index (χ2n) is 26.3. The number of esters is 1. The van der Waals surface area contributed by atoms with Crippen molar-refractivity contribution in [2.45, 2.75) is 397 Å². The fraction of sp³-hybridized carbons (Fsp3) is 0.823. The molecule has 0 aromatic carbocycles. The molecule has 0 bridgehead atoms. The Kier molecular flexibility index (Phi) is 63.9. The summed E-state index contributed by atoms with van der Waals surface area (Å²) in [7, 11) is 0. The highest BCUT2D eigenvalue weighted by Gasteiger charge is 2.44. The molecule has 11 heteroatoms. The Labute approximate surface area is 553 Å². The first-order chi connectivity index (χ1) is 44.2. The van der Waals surface area contributed by atoms with Crippen molar-refractivity contribution in [3.63, 3.8) is 0 Å². The first-order valence-electron chi connectivity index (χ1n) is 38.2. The van der Waals surface area contributed by atoms with E-state index in [1.807, 2.05) is 6.08 Å². The zero-order chi connectivity index (χ0) is 65.1. The van der Waals surface area contributed by atoms with Crippen molar-refractivity contribution < 1.29 is 49.3 Å². The van der Waals surface area contributed by atoms with Crippen LogP contribution in [0.15, 0.2) is 72.9 Å². The van der Waals surface area contributed by atoms with Gasteiger partial charge in [-0.1, -0.05) is 305 Å². The van der Waals surface area contributed by atoms with Crippen LogP contribution in [0.25, 0.3) is 0 Å². The first-order valence-corrected chi connectivity index (χ1v) is 38.2. The van der Waals surface area contributed by atoms with Crippen LogP contribution in [0.4, 0.5) is 0 Å². The smallest absolute Gasteiger partial charge is 0.305 e. The van der Waals surface area contributed by atoms with E-state index in [2.05, 4.69) is 79.9 Å². The number of carbonyl (C=O) groups is 2. The topological polar surface area (TPSA) is 175 Å². The van der Waals surface area contributed by atoms with Crippen LogP contribution >= 0.6 is 0 Å². The monoisotopic (exact) mass is 1270 g/mol. The number of aliphatic hydroxyl groups excluding tert-OH is 5. The molecule has 524 valence electrons. The Hall–Kier alpha value is -2.90. The molecule has 0 aromatic heterocycles. The number of hydrogen-bond acceptors (Lipinski definition) is 10. The molecule has 1 heterocycles. The zero-order valence-electron chi connectivity index (χ0n) is 58.3. The van der Waals surface area contributed by atoms with Gasteiger partial charge in [0.1, 0.15) is 24.4 Å². The van der Waals surface area contributed by atoms with Gasteiger partial charge in [0.15, 0.2) is 6.29 Å². The third-order valence-corrected chi connectivity index (χ3v) is 17.8. The molecule has 1 amide bonds. The summed E-state index contributed by atoms with van der Waals surface area (Å²) >= 11 is 0. The fourth-order valence-electron chi connectivity index (χ4n) is 11.7. The molecule has 6 N–H and O–H groups in total. The van der Waals surface area contributed by atoms with Crippen LogP contribution in [-0.2, 0) is 23.8 Å². The van der Waals surface area contributed by atoms with Crippen molar-refractivity contribution in [2.75, 3.05) is 19.8 Å². The van der Waals surface area contributed by atoms with Gasteiger partial charge < -0.3 is 45.1 Å². The number of nitrogens with one attached hydrogen (secondary N) is 1. The zero-order valence-corrected chi connectivity index (χ0v) is 58.3. The lowest BCUT2D eigenvalue weighted by Gasteiger charge is -2.40. The van der Waals surface area contributed by atoms with E-state index in [4.69, 9.17) is 14.2 Å². The molecule has 1 saturated heterocycles. The standard InChI is InChI=1S/C79H143NO10/c1-3-5-7-9-11-13-14-15-16-41-44-47-51-55-59-63-67-75(84)88-68-64-60-56-52-48-45-42-39-37-35-33-31-29-27-25-23-21-19-17-18-20-22-24-26-28-30-32-34-36-38-40-43-46-50-54-58-62-66-74(83)80-71(72(82)65-61-57-53-49-12-10-8-6-4-2)70-89-79-78(87)77(86)76(85)73(69-81)90-79/h12-14,16-17,19,23,25,41,49,61,65,71-73,76-79,81-82,85-87H,3-11,15,18,20-22,24,26-40,42-48,50-60,62-64,66-70H2,1-2H3,(H,80,83)/b14-13-,19-17-,25-23-,41-16-,49-12+,65-61+. The van der Waals surface area contributed by atoms with Crippen LogP contribution in [0.2, 0.25) is 0 Å². The first kappa shape index (κ1) is 85.1. The molecule has 1 aliphatic rings. The van der Waals surface area contributed by atoms with Crippen LogP contribution in [0, 0.1) is 0 Å². The Bertz CT molecular complexity index is 1730. The third-order valence-electron chi connectivity index (χ3n) is 17.8. The molecular weight excluding hydrogens is 1120 g/mol. The maximum absolute atomic E-state index is 13.0. The van der Waals surface area contributed by atoms with Crippen LogP contribution in [0.1, 0.15) is 354 Å². The molecule has 1 rings (SSSR count). The van der Waals surface area contributed by atoms with Gasteiger partial charge >= 0.3 is 5.97 Å². The molecule has 90 heavy (non-hydrogen) atoms. The summed E-state index contributed by atoms with van der Waals surface area (Å²) in [4.78, 5) is 25.1. The lowest BCUT2D eigenvalue weighted by Crippen LogP contribution is -2.60. The van der Waals surface area contributed by atoms with Crippen molar-refractivity contribution in [3.05, 3.63) is 72.9 Å². The summed E-state index contributed by atoms with van der Waals surface area (Å²) in [6, 6.07) is -0.825. The van der Waals surface area contributed by atoms with E-state index in [1.54, 1.807) is 6.08 Å². The Balaban J connectivity index is 1.88. The summed E-state index contributed by atoms with van der Waals surface area (Å²) < 4.78 is 16.7. The minimum atomic E-state index is -1.58. The SMILES string of the molecule is CCCCC/C=C/CC/C=C/C(O)C(COC1OC(CO)C(O)C(O)C1O)NC(=O)CCCCCCCCCCCCCCCCCCC/C=C\C/C=C\CCCCCCCCCCCCCCCOC(=O)CCCCCCC/C=C\C/C=C\CCCCCC. The van der Waals surface area contributed by atoms with E-state index < -0.39 is 49.5 Å². The predicted octanol–water partition coefficient (Wildman–Crippen LogP) is 20.2. The summed E-state index contributed by atoms with van der Waals surface area (Å²) in [5.74, 6) is -0.193. The van der Waals surface area contributed by atoms with Crippen LogP contribution in [0.5, 0.6) is 0 Å². The molecule has 7 unspecified atom stereocenters. The van der Waals surface area contributed by atoms with Gasteiger partial charge in [0.2, 0.25) is 5.91 Å². The number of rotatable bonds is 67. The minimum absolute atomic E-state index is 0.00136. The van der Waals surface area contributed by atoms with Crippen molar-refractivity contribution in [2.24, 2.45) is 0 Å². The lowest BCUT2D eigenvalue weighted by molar-refractivity contribution is -0.302. The van der Waals surface area contributed by atoms with Gasteiger partial charge in [-0.05, 0) is 109 Å². The quantitative estimate of drug-likeness (QED) is 0.0195. The predicted molar refractivity (Wildman–Crippen MR) is 380 cm³/mol. The summed E-state index contributed by atoms with van der Waals surface area (Å²) in [5, 5.41) is 54.3. The highest BCUT2D eigenvalue weighted by molar-refractivity contribution is 5.76. The molecule has 1 aliphatic heterocycles. The number of ether oxygens (including phenoxy) is 3. The number of amides is 1. The summed E-state index contributed by atoms with van der Waals surface area (Å²) in [6.07, 6.45) is 82.3. The van der Waals surface area contributed by atoms with E-state index in [1.165, 1.54) is 257 Å². The van der Waals surface area contributed by atoms with Gasteiger partial charge in [-0.2, -0.15) is 0 Å². The van der Waals surface area contributed by atoms with Crippen molar-refractivity contribution in [1.82, 2.24) is 5.32 Å². The number of unbranched alkanes of at least 4 members (excludes halogenated alkanes) is 43. The minimum Gasteiger partial charge on any atom is -0.466 e. The maximum Gasteiger partial charge on any atom is 0.305 e. The molecule has 1 fully saturated rings. The molecule has 0 radical (unpaired) electrons. The van der Waals surface area contributed by atoms with Gasteiger partial charge in [0.05, 0.1) is 32.0 Å². The Morgan fingerprint density at radius 1 is 0.411 bits per heavy atom. The second kappa shape index (κ2) is 67.5. The Morgan fingerprint density at radius 3 is 1.19 bits per heavy atom. The number of aliphatic hydroxyl groups is 5. The molecule has 0 aliphatic carbocycles. The summed E-state index contributed by atoms with van der Waals surface area (Å²) in [6.45, 7) is 4.28. The summed E-state index contributed by atoms with van der Waals surface area (Å²) in [5.41, 5.74) is 0. The largest absolute Gasteiger partial charge is 0.466 e. The van der Waals surface area contributed by atoms with Crippen molar-refractivity contribution in [3.8, 4) is 0 Å². The van der Waals surface area contributed by atoms with Gasteiger partial charge in [0.25, 0.3) is 0 Å². The highest BCUT2D eigenvalue weighted by atomic mass is 16.7. The van der Waals surface area contributed by atoms with Gasteiger partial charge in [-0.3, -0.25) is 9.59 Å². The van der Waals surface area contributed by atoms with Crippen molar-refractivity contribution in [1.29, 1.82) is 0 Å². The van der Waals surface area contributed by atoms with Crippen LogP contribution < -0.4 is 5.32 Å².